The van der Waals surface area contributed by atoms with Gasteiger partial charge in [-0.25, -0.2) is 0 Å². The van der Waals surface area contributed by atoms with Gasteiger partial charge in [0.15, 0.2) is 0 Å². The number of rotatable bonds is 3. The fraction of sp³-hybridized carbons (Fsp3) is 0.615. The molecule has 0 bridgehead atoms. The molecular weight excluding hydrogens is 202 g/mol. The number of hydrogen-bond donors (Lipinski definition) is 0. The average molecular weight is 221 g/mol. The Bertz CT molecular complexity index is 310. The average Bonchev–Trinajstić information content (AvgIpc) is 2.28. The highest BCUT2D eigenvalue weighted by molar-refractivity contribution is 5.79. The summed E-state index contributed by atoms with van der Waals surface area (Å²) in [5.41, 5.74) is 1.25. The van der Waals surface area contributed by atoms with E-state index >= 15 is 0 Å². The predicted molar refractivity (Wildman–Crippen MR) is 62.8 cm³/mol. The number of hydrogen-bond acceptors (Lipinski definition) is 3. The van der Waals surface area contributed by atoms with Crippen LogP contribution >= 0.6 is 0 Å². The maximum absolute atomic E-state index is 11.1. The highest BCUT2D eigenvalue weighted by Crippen LogP contribution is 2.16. The summed E-state index contributed by atoms with van der Waals surface area (Å²) in [5.74, 6) is 0.969. The van der Waals surface area contributed by atoms with Crippen LogP contribution in [0.2, 0.25) is 0 Å². The van der Waals surface area contributed by atoms with E-state index in [0.717, 1.165) is 19.5 Å². The molecule has 0 amide bonds. The van der Waals surface area contributed by atoms with E-state index in [1.165, 1.54) is 5.57 Å². The smallest absolute Gasteiger partial charge is 0.135 e. The van der Waals surface area contributed by atoms with Crippen molar-refractivity contribution in [2.24, 2.45) is 5.92 Å². The van der Waals surface area contributed by atoms with Crippen molar-refractivity contribution in [1.82, 2.24) is 5.06 Å². The quantitative estimate of drug-likeness (QED) is 0.731. The van der Waals surface area contributed by atoms with Gasteiger partial charge in [0.05, 0.1) is 6.61 Å². The first-order valence-corrected chi connectivity index (χ1v) is 6.01. The molecule has 0 spiro atoms. The minimum Gasteiger partial charge on any atom is -0.300 e. The Labute approximate surface area is 96.7 Å². The van der Waals surface area contributed by atoms with Crippen molar-refractivity contribution in [3.05, 3.63) is 23.8 Å². The van der Waals surface area contributed by atoms with Crippen LogP contribution in [0.3, 0.4) is 0 Å². The molecule has 0 aromatic heterocycles. The van der Waals surface area contributed by atoms with Crippen LogP contribution in [0.1, 0.15) is 26.2 Å². The molecule has 2 rings (SSSR count). The van der Waals surface area contributed by atoms with Crippen LogP contribution in [0.25, 0.3) is 0 Å². The zero-order valence-corrected chi connectivity index (χ0v) is 9.82. The van der Waals surface area contributed by atoms with E-state index in [9.17, 15) is 4.79 Å². The second-order valence-corrected chi connectivity index (χ2v) is 4.60. The van der Waals surface area contributed by atoms with Gasteiger partial charge in [0, 0.05) is 25.9 Å². The number of allylic oxidation sites excluding steroid dienone is 2. The molecule has 88 valence electrons. The number of carbonyl (C=O) groups is 1. The minimum atomic E-state index is 0.352. The third kappa shape index (κ3) is 3.29. The standard InChI is InChI=1S/C13H19NO2/c1-11-3-2-4-12(9-11)10-16-14-7-5-13(15)6-8-14/h2,4,9,11H,3,5-8,10H2,1H3/t11-/m0/s1. The van der Waals surface area contributed by atoms with Crippen LogP contribution in [-0.2, 0) is 9.63 Å². The van der Waals surface area contributed by atoms with Crippen molar-refractivity contribution in [3.8, 4) is 0 Å². The van der Waals surface area contributed by atoms with E-state index in [0.29, 0.717) is 31.1 Å². The van der Waals surface area contributed by atoms with E-state index in [-0.39, 0.29) is 0 Å². The first kappa shape index (κ1) is 11.6. The van der Waals surface area contributed by atoms with Crippen molar-refractivity contribution in [2.75, 3.05) is 19.7 Å². The summed E-state index contributed by atoms with van der Waals surface area (Å²) in [4.78, 5) is 16.7. The van der Waals surface area contributed by atoms with Crippen molar-refractivity contribution in [1.29, 1.82) is 0 Å². The summed E-state index contributed by atoms with van der Waals surface area (Å²) in [6.07, 6.45) is 8.98. The van der Waals surface area contributed by atoms with Crippen LogP contribution < -0.4 is 0 Å². The Morgan fingerprint density at radius 1 is 1.44 bits per heavy atom. The Hall–Kier alpha value is -0.930. The number of hydroxylamine groups is 2. The Morgan fingerprint density at radius 2 is 2.19 bits per heavy atom. The van der Waals surface area contributed by atoms with E-state index < -0.39 is 0 Å². The molecule has 2 aliphatic rings. The fourth-order valence-electron chi connectivity index (χ4n) is 2.05. The van der Waals surface area contributed by atoms with E-state index in [4.69, 9.17) is 4.84 Å². The van der Waals surface area contributed by atoms with Crippen LogP contribution in [-0.4, -0.2) is 30.5 Å². The molecule has 0 radical (unpaired) electrons. The Kier molecular flexibility index (Phi) is 3.91. The highest BCUT2D eigenvalue weighted by atomic mass is 16.7. The lowest BCUT2D eigenvalue weighted by Crippen LogP contribution is -2.34. The number of ketones is 1. The van der Waals surface area contributed by atoms with Crippen LogP contribution in [0.15, 0.2) is 23.8 Å². The van der Waals surface area contributed by atoms with Crippen molar-refractivity contribution in [2.45, 2.75) is 26.2 Å². The second kappa shape index (κ2) is 5.41. The Morgan fingerprint density at radius 3 is 2.88 bits per heavy atom. The van der Waals surface area contributed by atoms with Gasteiger partial charge in [-0.05, 0) is 17.9 Å². The summed E-state index contributed by atoms with van der Waals surface area (Å²) < 4.78 is 0. The third-order valence-corrected chi connectivity index (χ3v) is 3.03. The molecule has 0 saturated carbocycles. The molecule has 1 aliphatic heterocycles. The zero-order valence-electron chi connectivity index (χ0n) is 9.82. The molecule has 3 nitrogen and oxygen atoms in total. The van der Waals surface area contributed by atoms with Gasteiger partial charge in [-0.3, -0.25) is 9.63 Å². The predicted octanol–water partition coefficient (Wildman–Crippen LogP) is 2.11. The van der Waals surface area contributed by atoms with E-state index in [2.05, 4.69) is 25.2 Å². The maximum atomic E-state index is 11.1. The molecule has 0 aromatic rings. The van der Waals surface area contributed by atoms with Gasteiger partial charge in [0.1, 0.15) is 5.78 Å². The first-order valence-electron chi connectivity index (χ1n) is 6.01. The third-order valence-electron chi connectivity index (χ3n) is 3.03. The lowest BCUT2D eigenvalue weighted by molar-refractivity contribution is -0.165. The normalized spacial score (nSPS) is 26.9. The summed E-state index contributed by atoms with van der Waals surface area (Å²) in [5, 5.41) is 1.91. The fourth-order valence-corrected chi connectivity index (χ4v) is 2.05. The largest absolute Gasteiger partial charge is 0.300 e. The van der Waals surface area contributed by atoms with Gasteiger partial charge in [-0.2, -0.15) is 5.06 Å². The molecule has 1 saturated heterocycles. The monoisotopic (exact) mass is 221 g/mol. The van der Waals surface area contributed by atoms with Crippen LogP contribution in [0.5, 0.6) is 0 Å². The molecule has 1 fully saturated rings. The lowest BCUT2D eigenvalue weighted by Gasteiger charge is -2.25. The van der Waals surface area contributed by atoms with Crippen molar-refractivity contribution >= 4 is 5.78 Å². The van der Waals surface area contributed by atoms with Crippen molar-refractivity contribution in [3.63, 3.8) is 0 Å². The number of piperidine rings is 1. The summed E-state index contributed by atoms with van der Waals surface area (Å²) in [6.45, 7) is 4.33. The summed E-state index contributed by atoms with van der Waals surface area (Å²) >= 11 is 0. The van der Waals surface area contributed by atoms with Gasteiger partial charge in [-0.1, -0.05) is 25.2 Å². The Balaban J connectivity index is 1.75. The van der Waals surface area contributed by atoms with Gasteiger partial charge in [-0.15, -0.1) is 0 Å². The molecule has 16 heavy (non-hydrogen) atoms. The van der Waals surface area contributed by atoms with E-state index in [1.54, 1.807) is 0 Å². The molecule has 3 heteroatoms. The second-order valence-electron chi connectivity index (χ2n) is 4.60. The molecular formula is C13H19NO2. The maximum Gasteiger partial charge on any atom is 0.135 e. The first-order chi connectivity index (χ1) is 7.74. The number of nitrogens with zero attached hydrogens (tertiary/aromatic N) is 1. The minimum absolute atomic E-state index is 0.352. The molecule has 0 unspecified atom stereocenters. The molecule has 0 aromatic carbocycles. The molecule has 0 N–H and O–H groups in total. The zero-order chi connectivity index (χ0) is 11.4. The van der Waals surface area contributed by atoms with Gasteiger partial charge < -0.3 is 0 Å². The topological polar surface area (TPSA) is 29.5 Å². The highest BCUT2D eigenvalue weighted by Gasteiger charge is 2.16. The van der Waals surface area contributed by atoms with Crippen LogP contribution in [0.4, 0.5) is 0 Å². The number of carbonyl (C=O) groups excluding carboxylic acids is 1. The van der Waals surface area contributed by atoms with Gasteiger partial charge in [0.2, 0.25) is 0 Å². The lowest BCUT2D eigenvalue weighted by atomic mass is 9.99. The van der Waals surface area contributed by atoms with Crippen LogP contribution in [0, 0.1) is 5.92 Å². The van der Waals surface area contributed by atoms with Gasteiger partial charge in [0.25, 0.3) is 0 Å². The van der Waals surface area contributed by atoms with Crippen molar-refractivity contribution < 1.29 is 9.63 Å². The summed E-state index contributed by atoms with van der Waals surface area (Å²) in [7, 11) is 0. The van der Waals surface area contributed by atoms with Gasteiger partial charge >= 0.3 is 0 Å². The molecule has 1 aliphatic carbocycles. The SMILES string of the molecule is C[C@@H]1C=C(CON2CCC(=O)CC2)C=CC1. The molecule has 1 atom stereocenters. The molecule has 1 heterocycles. The number of Topliss-reactive ketones (excluding diaryl/α,β-unsaturated/α-hetero) is 1. The van der Waals surface area contributed by atoms with E-state index in [1.807, 2.05) is 5.06 Å². The summed E-state index contributed by atoms with van der Waals surface area (Å²) in [6, 6.07) is 0.